The van der Waals surface area contributed by atoms with Crippen molar-refractivity contribution < 1.29 is 19.0 Å². The zero-order valence-corrected chi connectivity index (χ0v) is 19.2. The van der Waals surface area contributed by atoms with Crippen molar-refractivity contribution in [2.45, 2.75) is 58.3 Å². The normalized spacial score (nSPS) is 21.3. The summed E-state index contributed by atoms with van der Waals surface area (Å²) < 4.78 is 17.9. The summed E-state index contributed by atoms with van der Waals surface area (Å²) >= 11 is 5.97. The third kappa shape index (κ3) is 4.90. The number of benzene rings is 1. The quantitative estimate of drug-likeness (QED) is 0.619. The van der Waals surface area contributed by atoms with Gasteiger partial charge in [0.2, 0.25) is 0 Å². The van der Waals surface area contributed by atoms with Crippen LogP contribution in [0.1, 0.15) is 51.8 Å². The van der Waals surface area contributed by atoms with Crippen molar-refractivity contribution in [3.05, 3.63) is 52.8 Å². The number of carbonyl (C=O) groups is 1. The number of aromatic nitrogens is 1. The summed E-state index contributed by atoms with van der Waals surface area (Å²) in [4.78, 5) is 18.5. The van der Waals surface area contributed by atoms with Gasteiger partial charge >= 0.3 is 6.09 Å². The Kier molecular flexibility index (Phi) is 5.77. The third-order valence-corrected chi connectivity index (χ3v) is 5.85. The largest absolute Gasteiger partial charge is 0.444 e. The van der Waals surface area contributed by atoms with Crippen LogP contribution < -0.4 is 9.47 Å². The SMILES string of the molecule is CC(C)(C)OC(=O)N1CCC(Cc2cccc3c2OC(C)(c2ccc(Cl)cn2)O3)CC1. The van der Waals surface area contributed by atoms with Crippen molar-refractivity contribution in [2.75, 3.05) is 13.1 Å². The molecule has 3 heterocycles. The lowest BCUT2D eigenvalue weighted by atomic mass is 9.90. The van der Waals surface area contributed by atoms with Gasteiger partial charge in [0, 0.05) is 26.2 Å². The van der Waals surface area contributed by atoms with Crippen LogP contribution in [0.3, 0.4) is 0 Å². The number of piperidine rings is 1. The molecule has 0 spiro atoms. The Morgan fingerprint density at radius 3 is 2.61 bits per heavy atom. The van der Waals surface area contributed by atoms with Crippen molar-refractivity contribution >= 4 is 17.7 Å². The Balaban J connectivity index is 1.41. The van der Waals surface area contributed by atoms with Crippen LogP contribution in [0.25, 0.3) is 0 Å². The summed E-state index contributed by atoms with van der Waals surface area (Å²) in [6, 6.07) is 9.60. The molecule has 1 fully saturated rings. The first kappa shape index (κ1) is 21.8. The van der Waals surface area contributed by atoms with E-state index in [1.165, 1.54) is 0 Å². The fourth-order valence-corrected chi connectivity index (χ4v) is 4.16. The predicted molar refractivity (Wildman–Crippen MR) is 119 cm³/mol. The van der Waals surface area contributed by atoms with Crippen LogP contribution in [0.4, 0.5) is 4.79 Å². The maximum Gasteiger partial charge on any atom is 0.410 e. The average Bonchev–Trinajstić information content (AvgIpc) is 3.06. The number of para-hydroxylation sites is 1. The molecule has 1 saturated heterocycles. The summed E-state index contributed by atoms with van der Waals surface area (Å²) in [5.74, 6) is 0.983. The van der Waals surface area contributed by atoms with Crippen molar-refractivity contribution in [1.29, 1.82) is 0 Å². The van der Waals surface area contributed by atoms with Gasteiger partial charge in [-0.3, -0.25) is 4.98 Å². The molecule has 0 bridgehead atoms. The molecule has 7 heteroatoms. The first-order valence-corrected chi connectivity index (χ1v) is 11.1. The fraction of sp³-hybridized carbons (Fsp3) is 0.500. The highest BCUT2D eigenvalue weighted by Crippen LogP contribution is 2.46. The average molecular weight is 445 g/mol. The molecular weight excluding hydrogens is 416 g/mol. The molecule has 0 aliphatic carbocycles. The first-order valence-electron chi connectivity index (χ1n) is 10.7. The molecule has 2 aliphatic rings. The van der Waals surface area contributed by atoms with Gasteiger partial charge in [0.05, 0.1) is 5.02 Å². The maximum absolute atomic E-state index is 12.3. The lowest BCUT2D eigenvalue weighted by molar-refractivity contribution is -0.0721. The molecule has 0 N–H and O–H groups in total. The predicted octanol–water partition coefficient (Wildman–Crippen LogP) is 5.57. The second-order valence-electron chi connectivity index (χ2n) is 9.37. The van der Waals surface area contributed by atoms with Gasteiger partial charge in [-0.15, -0.1) is 0 Å². The van der Waals surface area contributed by atoms with Crippen LogP contribution in [-0.2, 0) is 16.9 Å². The number of likely N-dealkylation sites (tertiary alicyclic amines) is 1. The molecule has 1 aromatic heterocycles. The minimum atomic E-state index is -0.983. The molecule has 1 amide bonds. The number of hydrogen-bond acceptors (Lipinski definition) is 5. The molecule has 1 unspecified atom stereocenters. The van der Waals surface area contributed by atoms with E-state index in [-0.39, 0.29) is 6.09 Å². The highest BCUT2D eigenvalue weighted by molar-refractivity contribution is 6.30. The van der Waals surface area contributed by atoms with Crippen LogP contribution >= 0.6 is 11.6 Å². The number of carbonyl (C=O) groups excluding carboxylic acids is 1. The van der Waals surface area contributed by atoms with E-state index in [0.717, 1.165) is 36.3 Å². The van der Waals surface area contributed by atoms with Crippen LogP contribution in [0, 0.1) is 5.92 Å². The minimum absolute atomic E-state index is 0.227. The number of hydrogen-bond donors (Lipinski definition) is 0. The van der Waals surface area contributed by atoms with Crippen LogP contribution in [0.5, 0.6) is 11.5 Å². The highest BCUT2D eigenvalue weighted by atomic mass is 35.5. The van der Waals surface area contributed by atoms with E-state index < -0.39 is 11.4 Å². The lowest BCUT2D eigenvalue weighted by Crippen LogP contribution is -2.42. The Labute approximate surface area is 188 Å². The molecule has 166 valence electrons. The molecule has 1 atom stereocenters. The van der Waals surface area contributed by atoms with Gasteiger partial charge in [0.1, 0.15) is 11.3 Å². The smallest absolute Gasteiger partial charge is 0.410 e. The van der Waals surface area contributed by atoms with Crippen molar-refractivity contribution in [3.8, 4) is 11.5 Å². The Morgan fingerprint density at radius 1 is 1.23 bits per heavy atom. The Hall–Kier alpha value is -2.47. The zero-order chi connectivity index (χ0) is 22.2. The van der Waals surface area contributed by atoms with E-state index in [1.54, 1.807) is 17.2 Å². The van der Waals surface area contributed by atoms with Crippen molar-refractivity contribution in [3.63, 3.8) is 0 Å². The van der Waals surface area contributed by atoms with Gasteiger partial charge in [-0.05, 0) is 69.7 Å². The van der Waals surface area contributed by atoms with E-state index in [4.69, 9.17) is 25.8 Å². The van der Waals surface area contributed by atoms with Crippen molar-refractivity contribution in [2.24, 2.45) is 5.92 Å². The van der Waals surface area contributed by atoms with Crippen LogP contribution in [-0.4, -0.2) is 34.7 Å². The van der Waals surface area contributed by atoms with Gasteiger partial charge in [-0.2, -0.15) is 0 Å². The standard InChI is InChI=1S/C24H29ClN2O4/c1-23(2,3)31-22(28)27-12-10-16(11-13-27)14-17-6-5-7-19-21(17)30-24(4,29-19)20-9-8-18(25)15-26-20/h5-9,15-16H,10-14H2,1-4H3. The summed E-state index contributed by atoms with van der Waals surface area (Å²) in [6.07, 6.45) is 4.10. The second kappa shape index (κ2) is 8.23. The number of pyridine rings is 1. The number of rotatable bonds is 3. The van der Waals surface area contributed by atoms with Gasteiger partial charge < -0.3 is 19.1 Å². The lowest BCUT2D eigenvalue weighted by Gasteiger charge is -2.33. The molecule has 31 heavy (non-hydrogen) atoms. The van der Waals surface area contributed by atoms with Crippen molar-refractivity contribution in [1.82, 2.24) is 9.88 Å². The molecular formula is C24H29ClN2O4. The van der Waals surface area contributed by atoms with Gasteiger partial charge in [0.15, 0.2) is 11.5 Å². The molecule has 2 aromatic rings. The van der Waals surface area contributed by atoms with Crippen LogP contribution in [0.2, 0.25) is 5.02 Å². The Morgan fingerprint density at radius 2 is 1.97 bits per heavy atom. The van der Waals surface area contributed by atoms with Gasteiger partial charge in [0.25, 0.3) is 5.79 Å². The summed E-state index contributed by atoms with van der Waals surface area (Å²) in [5.41, 5.74) is 1.32. The third-order valence-electron chi connectivity index (χ3n) is 5.63. The van der Waals surface area contributed by atoms with Gasteiger partial charge in [-0.25, -0.2) is 4.79 Å². The topological polar surface area (TPSA) is 60.9 Å². The summed E-state index contributed by atoms with van der Waals surface area (Å²) in [5, 5.41) is 0.571. The van der Waals surface area contributed by atoms with E-state index in [0.29, 0.717) is 29.7 Å². The van der Waals surface area contributed by atoms with E-state index in [9.17, 15) is 4.79 Å². The zero-order valence-electron chi connectivity index (χ0n) is 18.5. The Bertz CT molecular complexity index is 949. The number of fused-ring (bicyclic) bond motifs is 1. The van der Waals surface area contributed by atoms with E-state index in [1.807, 2.05) is 45.9 Å². The molecule has 4 rings (SSSR count). The van der Waals surface area contributed by atoms with Crippen LogP contribution in [0.15, 0.2) is 36.5 Å². The number of ether oxygens (including phenoxy) is 3. The first-order chi connectivity index (χ1) is 14.6. The summed E-state index contributed by atoms with van der Waals surface area (Å²) in [6.45, 7) is 8.96. The molecule has 6 nitrogen and oxygen atoms in total. The minimum Gasteiger partial charge on any atom is -0.444 e. The monoisotopic (exact) mass is 444 g/mol. The second-order valence-corrected chi connectivity index (χ2v) is 9.81. The number of halogens is 1. The van der Waals surface area contributed by atoms with E-state index in [2.05, 4.69) is 11.1 Å². The molecule has 0 radical (unpaired) electrons. The highest BCUT2D eigenvalue weighted by Gasteiger charge is 2.41. The van der Waals surface area contributed by atoms with Gasteiger partial charge in [-0.1, -0.05) is 23.7 Å². The summed E-state index contributed by atoms with van der Waals surface area (Å²) in [7, 11) is 0. The van der Waals surface area contributed by atoms with E-state index >= 15 is 0 Å². The number of nitrogens with zero attached hydrogens (tertiary/aromatic N) is 2. The molecule has 2 aliphatic heterocycles. The number of amides is 1. The molecule has 0 saturated carbocycles. The maximum atomic E-state index is 12.3. The fourth-order valence-electron chi connectivity index (χ4n) is 4.05. The molecule has 1 aromatic carbocycles.